The summed E-state index contributed by atoms with van der Waals surface area (Å²) in [5.41, 5.74) is 0.547. The second-order valence-corrected chi connectivity index (χ2v) is 3.96. The first-order chi connectivity index (χ1) is 6.54. The van der Waals surface area contributed by atoms with Gasteiger partial charge in [-0.25, -0.2) is 0 Å². The highest BCUT2D eigenvalue weighted by molar-refractivity contribution is 7.85. The van der Waals surface area contributed by atoms with Gasteiger partial charge in [0.25, 0.3) is 10.1 Å². The Morgan fingerprint density at radius 3 is 2.79 bits per heavy atom. The Balaban J connectivity index is 3.02. The Bertz CT molecular complexity index is 440. The maximum absolute atomic E-state index is 10.8. The molecule has 0 aromatic heterocycles. The van der Waals surface area contributed by atoms with Gasteiger partial charge >= 0.3 is 0 Å². The van der Waals surface area contributed by atoms with Crippen LogP contribution in [0.15, 0.2) is 34.2 Å². The van der Waals surface area contributed by atoms with Gasteiger partial charge in [0, 0.05) is 12.7 Å². The van der Waals surface area contributed by atoms with E-state index in [-0.39, 0.29) is 4.90 Å². The van der Waals surface area contributed by atoms with Crippen LogP contribution in [-0.4, -0.2) is 26.4 Å². The molecule has 0 amide bonds. The van der Waals surface area contributed by atoms with Gasteiger partial charge in [0.1, 0.15) is 0 Å². The molecule has 0 atom stereocenters. The van der Waals surface area contributed by atoms with Crippen LogP contribution in [0.25, 0.3) is 0 Å². The zero-order chi connectivity index (χ0) is 10.6. The average Bonchev–Trinajstić information content (AvgIpc) is 2.14. The number of benzene rings is 1. The summed E-state index contributed by atoms with van der Waals surface area (Å²) in [6.45, 7) is 0. The molecule has 5 nitrogen and oxygen atoms in total. The summed E-state index contributed by atoms with van der Waals surface area (Å²) in [5.74, 6) is 0. The van der Waals surface area contributed by atoms with Crippen LogP contribution in [0.4, 0.5) is 5.69 Å². The predicted molar refractivity (Wildman–Crippen MR) is 54.3 cm³/mol. The van der Waals surface area contributed by atoms with Gasteiger partial charge in [-0.2, -0.15) is 8.42 Å². The molecular weight excluding hydrogens is 204 g/mol. The van der Waals surface area contributed by atoms with E-state index in [1.807, 2.05) is 0 Å². The molecule has 2 N–H and O–H groups in total. The summed E-state index contributed by atoms with van der Waals surface area (Å²) in [5, 5.41) is 2.74. The van der Waals surface area contributed by atoms with Crippen molar-refractivity contribution in [1.29, 1.82) is 0 Å². The van der Waals surface area contributed by atoms with Gasteiger partial charge in [-0.1, -0.05) is 6.07 Å². The van der Waals surface area contributed by atoms with Crippen molar-refractivity contribution in [3.63, 3.8) is 0 Å². The quantitative estimate of drug-likeness (QED) is 0.447. The van der Waals surface area contributed by atoms with Crippen LogP contribution in [-0.2, 0) is 10.1 Å². The van der Waals surface area contributed by atoms with Crippen LogP contribution >= 0.6 is 0 Å². The lowest BCUT2D eigenvalue weighted by Crippen LogP contribution is -2.00. The van der Waals surface area contributed by atoms with Crippen molar-refractivity contribution < 1.29 is 13.0 Å². The number of hydrogen-bond donors (Lipinski definition) is 2. The van der Waals surface area contributed by atoms with Crippen LogP contribution in [0.5, 0.6) is 0 Å². The van der Waals surface area contributed by atoms with E-state index >= 15 is 0 Å². The third-order valence-corrected chi connectivity index (χ3v) is 2.34. The summed E-state index contributed by atoms with van der Waals surface area (Å²) in [4.78, 5) is 3.53. The highest BCUT2D eigenvalue weighted by atomic mass is 32.2. The molecule has 0 bridgehead atoms. The second-order valence-electron chi connectivity index (χ2n) is 2.53. The van der Waals surface area contributed by atoms with E-state index in [1.165, 1.54) is 24.5 Å². The van der Waals surface area contributed by atoms with E-state index in [0.717, 1.165) is 0 Å². The van der Waals surface area contributed by atoms with Crippen LogP contribution in [0.1, 0.15) is 0 Å². The Kier molecular flexibility index (Phi) is 3.21. The smallest absolute Gasteiger partial charge is 0.294 e. The molecule has 0 aliphatic carbocycles. The van der Waals surface area contributed by atoms with Gasteiger partial charge in [-0.3, -0.25) is 9.55 Å². The number of rotatable bonds is 3. The molecule has 0 fully saturated rings. The number of anilines is 1. The van der Waals surface area contributed by atoms with Crippen LogP contribution in [0.2, 0.25) is 0 Å². The van der Waals surface area contributed by atoms with Gasteiger partial charge in [0.2, 0.25) is 0 Å². The molecule has 6 heteroatoms. The highest BCUT2D eigenvalue weighted by Gasteiger charge is 2.08. The second kappa shape index (κ2) is 4.21. The first-order valence-electron chi connectivity index (χ1n) is 3.79. The fraction of sp³-hybridized carbons (Fsp3) is 0.125. The van der Waals surface area contributed by atoms with Crippen molar-refractivity contribution in [2.45, 2.75) is 4.90 Å². The van der Waals surface area contributed by atoms with Gasteiger partial charge in [-0.15, -0.1) is 0 Å². The maximum atomic E-state index is 10.8. The van der Waals surface area contributed by atoms with Gasteiger partial charge in [0.05, 0.1) is 11.2 Å². The molecule has 0 aliphatic heterocycles. The van der Waals surface area contributed by atoms with E-state index in [1.54, 1.807) is 13.1 Å². The van der Waals surface area contributed by atoms with E-state index < -0.39 is 10.1 Å². The number of nitrogens with zero attached hydrogens (tertiary/aromatic N) is 1. The van der Waals surface area contributed by atoms with Crippen molar-refractivity contribution >= 4 is 22.1 Å². The summed E-state index contributed by atoms with van der Waals surface area (Å²) < 4.78 is 30.3. The van der Waals surface area contributed by atoms with Crippen molar-refractivity contribution in [3.05, 3.63) is 24.3 Å². The van der Waals surface area contributed by atoms with Crippen molar-refractivity contribution in [2.75, 3.05) is 12.4 Å². The summed E-state index contributed by atoms with van der Waals surface area (Å²) in [6, 6.07) is 5.81. The number of aliphatic imine (C=N–C) groups is 1. The predicted octanol–water partition coefficient (Wildman–Crippen LogP) is 1.00. The number of hydrogen-bond acceptors (Lipinski definition) is 3. The van der Waals surface area contributed by atoms with Crippen molar-refractivity contribution in [2.24, 2.45) is 4.99 Å². The normalized spacial score (nSPS) is 11.9. The molecule has 1 aromatic rings. The Hall–Kier alpha value is -1.40. The lowest BCUT2D eigenvalue weighted by Gasteiger charge is -2.01. The van der Waals surface area contributed by atoms with Crippen molar-refractivity contribution in [3.8, 4) is 0 Å². The zero-order valence-electron chi connectivity index (χ0n) is 7.51. The Morgan fingerprint density at radius 1 is 1.50 bits per heavy atom. The van der Waals surface area contributed by atoms with Gasteiger partial charge in [-0.05, 0) is 18.2 Å². The maximum Gasteiger partial charge on any atom is 0.294 e. The lowest BCUT2D eigenvalue weighted by atomic mass is 10.3. The standard InChI is InChI=1S/C8H10N2O3S/c1-9-6-10-7-3-2-4-8(5-7)14(11,12)13/h2-6H,1H3,(H,9,10)(H,11,12,13). The first-order valence-corrected chi connectivity index (χ1v) is 5.23. The SMILES string of the molecule is CN=CNc1cccc(S(=O)(=O)O)c1. The average molecular weight is 214 g/mol. The van der Waals surface area contributed by atoms with E-state index in [4.69, 9.17) is 4.55 Å². The molecule has 76 valence electrons. The Labute approximate surface area is 82.2 Å². The molecule has 0 saturated heterocycles. The molecule has 0 radical (unpaired) electrons. The summed E-state index contributed by atoms with van der Waals surface area (Å²) in [6.07, 6.45) is 1.42. The van der Waals surface area contributed by atoms with Crippen LogP contribution in [0, 0.1) is 0 Å². The Morgan fingerprint density at radius 2 is 2.21 bits per heavy atom. The molecule has 14 heavy (non-hydrogen) atoms. The summed E-state index contributed by atoms with van der Waals surface area (Å²) in [7, 11) is -2.55. The monoisotopic (exact) mass is 214 g/mol. The van der Waals surface area contributed by atoms with Crippen LogP contribution in [0.3, 0.4) is 0 Å². The fourth-order valence-corrected chi connectivity index (χ4v) is 1.41. The van der Waals surface area contributed by atoms with Crippen molar-refractivity contribution in [1.82, 2.24) is 0 Å². The molecule has 1 rings (SSSR count). The molecule has 1 aromatic carbocycles. The van der Waals surface area contributed by atoms with Gasteiger partial charge in [0.15, 0.2) is 0 Å². The van der Waals surface area contributed by atoms with E-state index in [2.05, 4.69) is 10.3 Å². The third kappa shape index (κ3) is 2.82. The molecule has 0 unspecified atom stereocenters. The molecule has 0 spiro atoms. The minimum Gasteiger partial charge on any atom is -0.347 e. The minimum absolute atomic E-state index is 0.146. The first kappa shape index (κ1) is 10.7. The van der Waals surface area contributed by atoms with E-state index in [0.29, 0.717) is 5.69 Å². The number of nitrogens with one attached hydrogen (secondary N) is 1. The molecule has 0 aliphatic rings. The largest absolute Gasteiger partial charge is 0.347 e. The minimum atomic E-state index is -4.13. The fourth-order valence-electron chi connectivity index (χ4n) is 0.885. The third-order valence-electron chi connectivity index (χ3n) is 1.49. The molecular formula is C8H10N2O3S. The zero-order valence-corrected chi connectivity index (χ0v) is 8.32. The van der Waals surface area contributed by atoms with Crippen LogP contribution < -0.4 is 5.32 Å². The molecule has 0 saturated carbocycles. The highest BCUT2D eigenvalue weighted by Crippen LogP contribution is 2.14. The summed E-state index contributed by atoms with van der Waals surface area (Å²) >= 11 is 0. The van der Waals surface area contributed by atoms with Gasteiger partial charge < -0.3 is 5.32 Å². The van der Waals surface area contributed by atoms with E-state index in [9.17, 15) is 8.42 Å². The topological polar surface area (TPSA) is 78.8 Å². The molecule has 0 heterocycles. The lowest BCUT2D eigenvalue weighted by molar-refractivity contribution is 0.483.